The van der Waals surface area contributed by atoms with E-state index in [4.69, 9.17) is 10.2 Å². The number of hydrogen-bond acceptors (Lipinski definition) is 6. The fourth-order valence-electron chi connectivity index (χ4n) is 1.37. The molecular formula is C12H7F5O6S. The van der Waals surface area contributed by atoms with Crippen LogP contribution >= 0.6 is 0 Å². The minimum absolute atomic E-state index is 0.686. The maximum absolute atomic E-state index is 13.4. The lowest BCUT2D eigenvalue weighted by Gasteiger charge is -2.09. The summed E-state index contributed by atoms with van der Waals surface area (Å²) in [5.74, 6) is -11.1. The van der Waals surface area contributed by atoms with E-state index in [1.54, 1.807) is 0 Å². The van der Waals surface area contributed by atoms with Gasteiger partial charge in [-0.1, -0.05) is 11.8 Å². The maximum atomic E-state index is 13.4. The maximum Gasteiger partial charge on any atom is 0.347 e. The minimum atomic E-state index is -5.70. The molecule has 1 aromatic rings. The Morgan fingerprint density at radius 1 is 1.04 bits per heavy atom. The van der Waals surface area contributed by atoms with Crippen LogP contribution in [0, 0.1) is 40.9 Å². The molecule has 0 aromatic heterocycles. The van der Waals surface area contributed by atoms with Crippen LogP contribution in [0.25, 0.3) is 0 Å². The SMILES string of the molecule is O=C(CC(O)C#CCO)OS(=O)(=O)c1c(F)c(F)c(F)c(F)c1F. The zero-order valence-electron chi connectivity index (χ0n) is 11.3. The Labute approximate surface area is 131 Å². The summed E-state index contributed by atoms with van der Waals surface area (Å²) in [7, 11) is -5.70. The molecule has 132 valence electrons. The zero-order chi connectivity index (χ0) is 18.7. The summed E-state index contributed by atoms with van der Waals surface area (Å²) in [5.41, 5.74) is 0. The Morgan fingerprint density at radius 3 is 1.96 bits per heavy atom. The van der Waals surface area contributed by atoms with Crippen molar-refractivity contribution in [2.24, 2.45) is 0 Å². The lowest BCUT2D eigenvalue weighted by Crippen LogP contribution is -2.21. The van der Waals surface area contributed by atoms with Crippen molar-refractivity contribution in [3.8, 4) is 11.8 Å². The van der Waals surface area contributed by atoms with Crippen molar-refractivity contribution in [3.05, 3.63) is 29.1 Å². The molecule has 0 amide bonds. The van der Waals surface area contributed by atoms with Crippen LogP contribution in [0.3, 0.4) is 0 Å². The molecule has 1 rings (SSSR count). The van der Waals surface area contributed by atoms with Gasteiger partial charge in [-0.2, -0.15) is 8.42 Å². The summed E-state index contributed by atoms with van der Waals surface area (Å²) >= 11 is 0. The molecule has 0 aliphatic rings. The van der Waals surface area contributed by atoms with Gasteiger partial charge >= 0.3 is 16.1 Å². The van der Waals surface area contributed by atoms with Gasteiger partial charge in [0.2, 0.25) is 5.82 Å². The number of aliphatic hydroxyl groups is 2. The van der Waals surface area contributed by atoms with Gasteiger partial charge in [0.1, 0.15) is 12.7 Å². The molecule has 2 N–H and O–H groups in total. The highest BCUT2D eigenvalue weighted by Crippen LogP contribution is 2.28. The molecule has 0 saturated heterocycles. The van der Waals surface area contributed by atoms with Crippen molar-refractivity contribution in [2.45, 2.75) is 17.4 Å². The van der Waals surface area contributed by atoms with E-state index in [-0.39, 0.29) is 0 Å². The van der Waals surface area contributed by atoms with E-state index in [2.05, 4.69) is 4.18 Å². The van der Waals surface area contributed by atoms with Crippen molar-refractivity contribution >= 4 is 16.1 Å². The molecule has 0 radical (unpaired) electrons. The molecule has 6 nitrogen and oxygen atoms in total. The van der Waals surface area contributed by atoms with Crippen LogP contribution in [-0.2, 0) is 19.1 Å². The second kappa shape index (κ2) is 7.56. The predicted molar refractivity (Wildman–Crippen MR) is 65.0 cm³/mol. The fourth-order valence-corrected chi connectivity index (χ4v) is 2.39. The van der Waals surface area contributed by atoms with E-state index in [1.807, 2.05) is 11.8 Å². The Balaban J connectivity index is 3.17. The monoisotopic (exact) mass is 374 g/mol. The molecule has 0 spiro atoms. The standard InChI is InChI=1S/C12H7F5O6S/c13-7-8(14)10(16)12(11(17)9(7)15)24(21,22)23-6(20)4-5(19)2-1-3-18/h5,18-19H,3-4H2. The Hall–Kier alpha value is -2.23. The first-order chi connectivity index (χ1) is 11.0. The summed E-state index contributed by atoms with van der Waals surface area (Å²) in [5, 5.41) is 17.5. The quantitative estimate of drug-likeness (QED) is 0.260. The molecule has 1 atom stereocenters. The number of halogens is 5. The van der Waals surface area contributed by atoms with Crippen LogP contribution in [0.2, 0.25) is 0 Å². The van der Waals surface area contributed by atoms with Gasteiger partial charge in [0, 0.05) is 0 Å². The zero-order valence-corrected chi connectivity index (χ0v) is 12.1. The summed E-state index contributed by atoms with van der Waals surface area (Å²) in [6.07, 6.45) is -2.90. The van der Waals surface area contributed by atoms with E-state index in [1.165, 1.54) is 0 Å². The summed E-state index contributed by atoms with van der Waals surface area (Å²) in [6.45, 7) is -0.686. The van der Waals surface area contributed by atoms with Gasteiger partial charge in [-0.25, -0.2) is 22.0 Å². The third-order valence-electron chi connectivity index (χ3n) is 2.33. The highest BCUT2D eigenvalue weighted by Gasteiger charge is 2.36. The number of carbonyl (C=O) groups is 1. The smallest absolute Gasteiger partial charge is 0.347 e. The van der Waals surface area contributed by atoms with Crippen LogP contribution in [0.1, 0.15) is 6.42 Å². The second-order valence-corrected chi connectivity index (χ2v) is 5.49. The van der Waals surface area contributed by atoms with Gasteiger partial charge in [0.25, 0.3) is 0 Å². The third-order valence-corrected chi connectivity index (χ3v) is 3.59. The van der Waals surface area contributed by atoms with Crippen LogP contribution in [-0.4, -0.2) is 37.3 Å². The minimum Gasteiger partial charge on any atom is -0.384 e. The Kier molecular flexibility index (Phi) is 6.24. The number of aliphatic hydroxyl groups excluding tert-OH is 2. The lowest BCUT2D eigenvalue weighted by molar-refractivity contribution is -0.135. The van der Waals surface area contributed by atoms with Crippen LogP contribution in [0.15, 0.2) is 4.90 Å². The third kappa shape index (κ3) is 4.19. The van der Waals surface area contributed by atoms with E-state index >= 15 is 0 Å². The van der Waals surface area contributed by atoms with Gasteiger partial charge in [0.05, 0.1) is 6.42 Å². The topological polar surface area (TPSA) is 101 Å². The Bertz CT molecular complexity index is 798. The summed E-state index contributed by atoms with van der Waals surface area (Å²) in [6, 6.07) is 0. The van der Waals surface area contributed by atoms with E-state index < -0.39 is 69.2 Å². The summed E-state index contributed by atoms with van der Waals surface area (Å²) < 4.78 is 92.4. The number of hydrogen-bond donors (Lipinski definition) is 2. The van der Waals surface area contributed by atoms with Crippen molar-refractivity contribution in [3.63, 3.8) is 0 Å². The molecule has 0 aliphatic carbocycles. The Morgan fingerprint density at radius 2 is 1.50 bits per heavy atom. The van der Waals surface area contributed by atoms with Gasteiger partial charge < -0.3 is 14.4 Å². The van der Waals surface area contributed by atoms with Crippen LogP contribution in [0.4, 0.5) is 22.0 Å². The molecule has 0 aliphatic heterocycles. The molecule has 1 unspecified atom stereocenters. The average Bonchev–Trinajstić information content (AvgIpc) is 2.48. The van der Waals surface area contributed by atoms with Crippen LogP contribution in [0.5, 0.6) is 0 Å². The predicted octanol–water partition coefficient (Wildman–Crippen LogP) is 0.361. The molecule has 0 saturated carbocycles. The molecule has 1 aromatic carbocycles. The van der Waals surface area contributed by atoms with Crippen molar-refractivity contribution < 1.29 is 49.6 Å². The second-order valence-electron chi connectivity index (χ2n) is 4.01. The van der Waals surface area contributed by atoms with Crippen molar-refractivity contribution in [2.75, 3.05) is 6.61 Å². The van der Waals surface area contributed by atoms with Gasteiger partial charge in [-0.05, 0) is 0 Å². The molecular weight excluding hydrogens is 367 g/mol. The normalized spacial score (nSPS) is 12.3. The van der Waals surface area contributed by atoms with E-state index in [0.717, 1.165) is 0 Å². The molecule has 0 heterocycles. The molecule has 0 fully saturated rings. The van der Waals surface area contributed by atoms with Crippen molar-refractivity contribution in [1.29, 1.82) is 0 Å². The largest absolute Gasteiger partial charge is 0.384 e. The number of rotatable bonds is 4. The summed E-state index contributed by atoms with van der Waals surface area (Å²) in [4.78, 5) is 8.92. The van der Waals surface area contributed by atoms with Gasteiger partial charge in [-0.3, -0.25) is 4.79 Å². The van der Waals surface area contributed by atoms with Crippen LogP contribution < -0.4 is 0 Å². The van der Waals surface area contributed by atoms with E-state index in [0.29, 0.717) is 0 Å². The van der Waals surface area contributed by atoms with Crippen molar-refractivity contribution in [1.82, 2.24) is 0 Å². The first-order valence-corrected chi connectivity index (χ1v) is 7.19. The highest BCUT2D eigenvalue weighted by atomic mass is 32.2. The first-order valence-electron chi connectivity index (χ1n) is 5.79. The lowest BCUT2D eigenvalue weighted by atomic mass is 10.2. The number of carbonyl (C=O) groups excluding carboxylic acids is 1. The number of benzene rings is 1. The molecule has 24 heavy (non-hydrogen) atoms. The fraction of sp³-hybridized carbons (Fsp3) is 0.250. The van der Waals surface area contributed by atoms with Gasteiger partial charge in [-0.15, -0.1) is 0 Å². The van der Waals surface area contributed by atoms with Gasteiger partial charge in [0.15, 0.2) is 28.2 Å². The van der Waals surface area contributed by atoms with E-state index in [9.17, 15) is 35.2 Å². The highest BCUT2D eigenvalue weighted by molar-refractivity contribution is 7.87. The molecule has 0 bridgehead atoms. The molecule has 12 heteroatoms. The average molecular weight is 374 g/mol. The first kappa shape index (κ1) is 19.8.